The van der Waals surface area contributed by atoms with E-state index in [-0.39, 0.29) is 34.3 Å². The molecular formula is C22H20ClFN6O4S. The fraction of sp³-hybridized carbons (Fsp3) is 0.182. The highest BCUT2D eigenvalue weighted by Crippen LogP contribution is 2.27. The third kappa shape index (κ3) is 6.87. The van der Waals surface area contributed by atoms with Crippen molar-refractivity contribution in [2.45, 2.75) is 18.1 Å². The van der Waals surface area contributed by atoms with E-state index in [0.717, 1.165) is 11.8 Å². The van der Waals surface area contributed by atoms with Gasteiger partial charge in [-0.3, -0.25) is 19.7 Å². The molecule has 0 bridgehead atoms. The largest absolute Gasteiger partial charge is 0.351 e. The van der Waals surface area contributed by atoms with E-state index >= 15 is 0 Å². The van der Waals surface area contributed by atoms with Crippen LogP contribution < -0.4 is 10.6 Å². The second-order valence-corrected chi connectivity index (χ2v) is 8.39. The number of aromatic nitrogens is 3. The molecule has 2 aromatic carbocycles. The van der Waals surface area contributed by atoms with E-state index in [1.54, 1.807) is 16.7 Å². The lowest BCUT2D eigenvalue weighted by Crippen LogP contribution is -2.27. The second-order valence-electron chi connectivity index (χ2n) is 7.04. The molecule has 1 heterocycles. The molecule has 2 N–H and O–H groups in total. The Balaban J connectivity index is 1.59. The number of carbonyl (C=O) groups excluding carboxylic acids is 2. The first kappa shape index (κ1) is 25.8. The van der Waals surface area contributed by atoms with Crippen molar-refractivity contribution in [2.24, 2.45) is 0 Å². The Bertz CT molecular complexity index is 1270. The van der Waals surface area contributed by atoms with Gasteiger partial charge in [0, 0.05) is 31.6 Å². The van der Waals surface area contributed by atoms with Gasteiger partial charge in [-0.05, 0) is 18.2 Å². The molecule has 0 saturated carbocycles. The van der Waals surface area contributed by atoms with Crippen LogP contribution in [0.2, 0.25) is 5.02 Å². The van der Waals surface area contributed by atoms with Gasteiger partial charge in [0.05, 0.1) is 26.9 Å². The van der Waals surface area contributed by atoms with Crippen LogP contribution in [-0.2, 0) is 17.8 Å². The van der Waals surface area contributed by atoms with Gasteiger partial charge >= 0.3 is 0 Å². The number of anilines is 1. The molecule has 2 amide bonds. The van der Waals surface area contributed by atoms with Gasteiger partial charge in [0.2, 0.25) is 5.91 Å². The Labute approximate surface area is 208 Å². The lowest BCUT2D eigenvalue weighted by Gasteiger charge is -2.09. The van der Waals surface area contributed by atoms with E-state index < -0.39 is 22.6 Å². The van der Waals surface area contributed by atoms with Crippen molar-refractivity contribution in [3.05, 3.63) is 87.5 Å². The maximum absolute atomic E-state index is 13.8. The van der Waals surface area contributed by atoms with Crippen LogP contribution in [0.15, 0.2) is 60.3 Å². The molecule has 3 aromatic rings. The standard InChI is InChI=1S/C22H20ClFN6O4S/c1-2-11-29-19(9-10-25-21(32)15-5-3-4-6-17(15)24)27-28-22(29)35-13-20(31)26-18-12-14(30(33)34)7-8-16(18)23/h2-8,12H,1,9-11,13H2,(H,25,32)(H,26,31). The maximum atomic E-state index is 13.8. The van der Waals surface area contributed by atoms with E-state index in [0.29, 0.717) is 23.9 Å². The third-order valence-corrected chi connectivity index (χ3v) is 5.92. The van der Waals surface area contributed by atoms with Crippen molar-refractivity contribution >= 4 is 46.6 Å². The maximum Gasteiger partial charge on any atom is 0.271 e. The zero-order chi connectivity index (χ0) is 25.4. The molecule has 0 spiro atoms. The minimum atomic E-state index is -0.608. The first-order valence-electron chi connectivity index (χ1n) is 10.2. The summed E-state index contributed by atoms with van der Waals surface area (Å²) in [5.41, 5.74) is -0.119. The molecule has 0 aliphatic carbocycles. The molecule has 35 heavy (non-hydrogen) atoms. The molecule has 0 aliphatic heterocycles. The first-order chi connectivity index (χ1) is 16.8. The van der Waals surface area contributed by atoms with Crippen LogP contribution in [0.3, 0.4) is 0 Å². The summed E-state index contributed by atoms with van der Waals surface area (Å²) >= 11 is 7.12. The van der Waals surface area contributed by atoms with E-state index in [1.165, 1.54) is 36.4 Å². The number of allylic oxidation sites excluding steroid dienone is 1. The molecule has 0 radical (unpaired) electrons. The van der Waals surface area contributed by atoms with Crippen molar-refractivity contribution in [2.75, 3.05) is 17.6 Å². The second kappa shape index (κ2) is 12.1. The normalized spacial score (nSPS) is 10.6. The lowest BCUT2D eigenvalue weighted by molar-refractivity contribution is -0.384. The van der Waals surface area contributed by atoms with Crippen LogP contribution in [0.25, 0.3) is 0 Å². The zero-order valence-corrected chi connectivity index (χ0v) is 19.8. The number of halogens is 2. The summed E-state index contributed by atoms with van der Waals surface area (Å²) < 4.78 is 15.5. The molecule has 13 heteroatoms. The summed E-state index contributed by atoms with van der Waals surface area (Å²) in [4.78, 5) is 34.9. The number of non-ortho nitro benzene ring substituents is 1. The average Bonchev–Trinajstić information content (AvgIpc) is 3.21. The Kier molecular flexibility index (Phi) is 8.92. The summed E-state index contributed by atoms with van der Waals surface area (Å²) in [7, 11) is 0. The fourth-order valence-electron chi connectivity index (χ4n) is 2.99. The molecule has 0 unspecified atom stereocenters. The number of hydrogen-bond donors (Lipinski definition) is 2. The quantitative estimate of drug-likeness (QED) is 0.170. The summed E-state index contributed by atoms with van der Waals surface area (Å²) in [6.45, 7) is 4.27. The minimum absolute atomic E-state index is 0.0498. The molecule has 10 nitrogen and oxygen atoms in total. The molecule has 3 rings (SSSR count). The van der Waals surface area contributed by atoms with Gasteiger partial charge < -0.3 is 15.2 Å². The third-order valence-electron chi connectivity index (χ3n) is 4.62. The van der Waals surface area contributed by atoms with Gasteiger partial charge in [0.25, 0.3) is 11.6 Å². The first-order valence-corrected chi connectivity index (χ1v) is 11.6. The number of rotatable bonds is 11. The van der Waals surface area contributed by atoms with Crippen molar-refractivity contribution in [1.82, 2.24) is 20.1 Å². The van der Waals surface area contributed by atoms with Crippen molar-refractivity contribution in [1.29, 1.82) is 0 Å². The van der Waals surface area contributed by atoms with Crippen molar-refractivity contribution in [3.8, 4) is 0 Å². The van der Waals surface area contributed by atoms with Crippen LogP contribution in [0.1, 0.15) is 16.2 Å². The molecular weight excluding hydrogens is 499 g/mol. The number of amides is 2. The SMILES string of the molecule is C=CCn1c(CCNC(=O)c2ccccc2F)nnc1SCC(=O)Nc1cc([N+](=O)[O-])ccc1Cl. The monoisotopic (exact) mass is 518 g/mol. The number of nitro benzene ring substituents is 1. The van der Waals surface area contributed by atoms with Crippen LogP contribution in [0, 0.1) is 15.9 Å². The number of benzene rings is 2. The smallest absolute Gasteiger partial charge is 0.271 e. The van der Waals surface area contributed by atoms with Gasteiger partial charge in [0.15, 0.2) is 5.16 Å². The highest BCUT2D eigenvalue weighted by atomic mass is 35.5. The van der Waals surface area contributed by atoms with Crippen molar-refractivity contribution < 1.29 is 18.9 Å². The van der Waals surface area contributed by atoms with E-state index in [1.807, 2.05) is 0 Å². The minimum Gasteiger partial charge on any atom is -0.351 e. The summed E-state index contributed by atoms with van der Waals surface area (Å²) in [6, 6.07) is 9.44. The Morgan fingerprint density at radius 2 is 2.03 bits per heavy atom. The van der Waals surface area contributed by atoms with Crippen LogP contribution >= 0.6 is 23.4 Å². The molecule has 0 fully saturated rings. The average molecular weight is 519 g/mol. The van der Waals surface area contributed by atoms with E-state index in [9.17, 15) is 24.1 Å². The Morgan fingerprint density at radius 1 is 1.26 bits per heavy atom. The number of carbonyl (C=O) groups is 2. The topological polar surface area (TPSA) is 132 Å². The number of nitrogens with zero attached hydrogens (tertiary/aromatic N) is 4. The molecule has 0 saturated heterocycles. The predicted molar refractivity (Wildman–Crippen MR) is 130 cm³/mol. The highest BCUT2D eigenvalue weighted by molar-refractivity contribution is 7.99. The zero-order valence-electron chi connectivity index (χ0n) is 18.2. The molecule has 1 aromatic heterocycles. The predicted octanol–water partition coefficient (Wildman–Crippen LogP) is 3.87. The summed E-state index contributed by atoms with van der Waals surface area (Å²) in [6.07, 6.45) is 1.95. The van der Waals surface area contributed by atoms with Gasteiger partial charge in [-0.15, -0.1) is 16.8 Å². The number of nitrogens with one attached hydrogen (secondary N) is 2. The fourth-order valence-corrected chi connectivity index (χ4v) is 3.92. The lowest BCUT2D eigenvalue weighted by atomic mass is 10.2. The summed E-state index contributed by atoms with van der Waals surface area (Å²) in [5, 5.41) is 25.0. The van der Waals surface area contributed by atoms with Crippen LogP contribution in [-0.4, -0.2) is 43.8 Å². The Hall–Kier alpha value is -3.77. The van der Waals surface area contributed by atoms with E-state index in [4.69, 9.17) is 11.6 Å². The van der Waals surface area contributed by atoms with Gasteiger partial charge in [0.1, 0.15) is 11.6 Å². The number of thioether (sulfide) groups is 1. The molecule has 0 atom stereocenters. The van der Waals surface area contributed by atoms with Gasteiger partial charge in [-0.1, -0.05) is 41.6 Å². The molecule has 182 valence electrons. The van der Waals surface area contributed by atoms with Gasteiger partial charge in [-0.2, -0.15) is 0 Å². The number of nitro groups is 1. The number of hydrogen-bond acceptors (Lipinski definition) is 7. The van der Waals surface area contributed by atoms with Crippen LogP contribution in [0.4, 0.5) is 15.8 Å². The summed E-state index contributed by atoms with van der Waals surface area (Å²) in [5.74, 6) is -1.10. The van der Waals surface area contributed by atoms with Crippen LogP contribution in [0.5, 0.6) is 0 Å². The highest BCUT2D eigenvalue weighted by Gasteiger charge is 2.16. The Morgan fingerprint density at radius 3 is 2.74 bits per heavy atom. The molecule has 0 aliphatic rings. The van der Waals surface area contributed by atoms with Gasteiger partial charge in [-0.25, -0.2) is 4.39 Å². The van der Waals surface area contributed by atoms with E-state index in [2.05, 4.69) is 27.4 Å². The van der Waals surface area contributed by atoms with Crippen molar-refractivity contribution in [3.63, 3.8) is 0 Å².